The van der Waals surface area contributed by atoms with Gasteiger partial charge in [-0.2, -0.15) is 11.3 Å². The topological polar surface area (TPSA) is 73.3 Å². The summed E-state index contributed by atoms with van der Waals surface area (Å²) in [7, 11) is 0. The first-order valence-corrected chi connectivity index (χ1v) is 8.58. The smallest absolute Gasteiger partial charge is 0.407 e. The van der Waals surface area contributed by atoms with Gasteiger partial charge < -0.3 is 14.8 Å². The van der Waals surface area contributed by atoms with Gasteiger partial charge in [-0.1, -0.05) is 0 Å². The molecule has 1 saturated heterocycles. The molecule has 0 unspecified atom stereocenters. The minimum Gasteiger partial charge on any atom is -0.449 e. The second-order valence-electron chi connectivity index (χ2n) is 5.37. The number of amides is 1. The van der Waals surface area contributed by atoms with Crippen LogP contribution in [0.4, 0.5) is 4.79 Å². The van der Waals surface area contributed by atoms with Crippen molar-refractivity contribution in [2.45, 2.75) is 19.4 Å². The summed E-state index contributed by atoms with van der Waals surface area (Å²) in [6.07, 6.45) is 4.75. The Balaban J connectivity index is 1.51. The molecule has 2 aromatic heterocycles. The van der Waals surface area contributed by atoms with Crippen LogP contribution in [0.1, 0.15) is 18.5 Å². The Bertz CT molecular complexity index is 627. The van der Waals surface area contributed by atoms with E-state index in [1.54, 1.807) is 23.7 Å². The van der Waals surface area contributed by atoms with E-state index in [1.165, 1.54) is 0 Å². The molecule has 1 fully saturated rings. The molecule has 6 nitrogen and oxygen atoms in total. The molecule has 122 valence electrons. The lowest BCUT2D eigenvalue weighted by Crippen LogP contribution is -2.28. The van der Waals surface area contributed by atoms with Gasteiger partial charge in [0.2, 0.25) is 0 Å². The monoisotopic (exact) mass is 333 g/mol. The summed E-state index contributed by atoms with van der Waals surface area (Å²) >= 11 is 1.60. The van der Waals surface area contributed by atoms with Crippen LogP contribution in [-0.2, 0) is 16.0 Å². The van der Waals surface area contributed by atoms with Gasteiger partial charge in [0.05, 0.1) is 24.5 Å². The molecule has 2 aromatic rings. The van der Waals surface area contributed by atoms with Crippen LogP contribution in [0.3, 0.4) is 0 Å². The first-order chi connectivity index (χ1) is 11.3. The van der Waals surface area contributed by atoms with E-state index in [0.717, 1.165) is 43.0 Å². The third-order valence-corrected chi connectivity index (χ3v) is 4.44. The van der Waals surface area contributed by atoms with Crippen molar-refractivity contribution in [1.82, 2.24) is 15.3 Å². The zero-order valence-corrected chi connectivity index (χ0v) is 13.6. The first kappa shape index (κ1) is 15.9. The summed E-state index contributed by atoms with van der Waals surface area (Å²) in [5.41, 5.74) is 2.53. The second kappa shape index (κ2) is 8.03. The fraction of sp³-hybridized carbons (Fsp3) is 0.438. The predicted molar refractivity (Wildman–Crippen MR) is 87.1 cm³/mol. The number of carbonyl (C=O) groups excluding carboxylic acids is 1. The highest BCUT2D eigenvalue weighted by Gasteiger charge is 2.16. The van der Waals surface area contributed by atoms with Gasteiger partial charge in [-0.05, 0) is 30.2 Å². The van der Waals surface area contributed by atoms with Crippen molar-refractivity contribution < 1.29 is 14.3 Å². The molecule has 3 rings (SSSR count). The fourth-order valence-electron chi connectivity index (χ4n) is 2.45. The molecule has 7 heteroatoms. The Hall–Kier alpha value is -1.99. The SMILES string of the molecule is O=C(NCc1nccnc1-c1ccsc1)OCC1CCOCC1. The third kappa shape index (κ3) is 4.49. The van der Waals surface area contributed by atoms with Crippen molar-refractivity contribution in [3.05, 3.63) is 34.9 Å². The number of carbonyl (C=O) groups is 1. The Kier molecular flexibility index (Phi) is 5.55. The number of rotatable bonds is 5. The van der Waals surface area contributed by atoms with Crippen LogP contribution in [0, 0.1) is 5.92 Å². The quantitative estimate of drug-likeness (QED) is 0.911. The molecule has 3 heterocycles. The van der Waals surface area contributed by atoms with Gasteiger partial charge in [-0.3, -0.25) is 9.97 Å². The van der Waals surface area contributed by atoms with Gasteiger partial charge in [0.15, 0.2) is 0 Å². The van der Waals surface area contributed by atoms with E-state index in [4.69, 9.17) is 9.47 Å². The Morgan fingerprint density at radius 2 is 2.17 bits per heavy atom. The van der Waals surface area contributed by atoms with Gasteiger partial charge in [-0.25, -0.2) is 4.79 Å². The zero-order chi connectivity index (χ0) is 15.9. The molecular formula is C16H19N3O3S. The number of thiophene rings is 1. The standard InChI is InChI=1S/C16H19N3O3S/c20-16(22-10-12-1-6-21-7-2-12)19-9-14-15(18-5-4-17-14)13-3-8-23-11-13/h3-5,8,11-12H,1-2,6-7,9-10H2,(H,19,20). The lowest BCUT2D eigenvalue weighted by atomic mass is 10.0. The molecule has 1 N–H and O–H groups in total. The third-order valence-electron chi connectivity index (χ3n) is 3.76. The summed E-state index contributed by atoms with van der Waals surface area (Å²) in [4.78, 5) is 20.5. The van der Waals surface area contributed by atoms with E-state index in [2.05, 4.69) is 15.3 Å². The lowest BCUT2D eigenvalue weighted by molar-refractivity contribution is 0.0379. The van der Waals surface area contributed by atoms with Gasteiger partial charge in [0.1, 0.15) is 0 Å². The molecule has 0 radical (unpaired) electrons. The molecule has 1 aliphatic heterocycles. The Labute approximate surface area is 138 Å². The molecule has 0 bridgehead atoms. The van der Waals surface area contributed by atoms with Gasteiger partial charge >= 0.3 is 6.09 Å². The van der Waals surface area contributed by atoms with Gasteiger partial charge in [-0.15, -0.1) is 0 Å². The van der Waals surface area contributed by atoms with Crippen molar-refractivity contribution >= 4 is 17.4 Å². The number of hydrogen-bond acceptors (Lipinski definition) is 6. The van der Waals surface area contributed by atoms with Gasteiger partial charge in [0.25, 0.3) is 0 Å². The maximum atomic E-state index is 11.8. The second-order valence-corrected chi connectivity index (χ2v) is 6.15. The molecule has 0 spiro atoms. The predicted octanol–water partition coefficient (Wildman–Crippen LogP) is 2.86. The van der Waals surface area contributed by atoms with E-state index in [1.807, 2.05) is 16.8 Å². The largest absolute Gasteiger partial charge is 0.449 e. The van der Waals surface area contributed by atoms with Crippen LogP contribution in [0.2, 0.25) is 0 Å². The maximum Gasteiger partial charge on any atom is 0.407 e. The van der Waals surface area contributed by atoms with Crippen LogP contribution < -0.4 is 5.32 Å². The highest BCUT2D eigenvalue weighted by Crippen LogP contribution is 2.22. The van der Waals surface area contributed by atoms with E-state index in [0.29, 0.717) is 19.1 Å². The molecule has 0 aromatic carbocycles. The van der Waals surface area contributed by atoms with Crippen LogP contribution in [0.25, 0.3) is 11.3 Å². The number of hydrogen-bond donors (Lipinski definition) is 1. The highest BCUT2D eigenvalue weighted by molar-refractivity contribution is 7.08. The lowest BCUT2D eigenvalue weighted by Gasteiger charge is -2.21. The molecule has 1 amide bonds. The minimum atomic E-state index is -0.418. The fourth-order valence-corrected chi connectivity index (χ4v) is 3.09. The Morgan fingerprint density at radius 3 is 2.96 bits per heavy atom. The van der Waals surface area contributed by atoms with E-state index < -0.39 is 6.09 Å². The molecule has 23 heavy (non-hydrogen) atoms. The van der Waals surface area contributed by atoms with Crippen molar-refractivity contribution in [3.63, 3.8) is 0 Å². The average molecular weight is 333 g/mol. The summed E-state index contributed by atoms with van der Waals surface area (Å²) < 4.78 is 10.6. The van der Waals surface area contributed by atoms with E-state index >= 15 is 0 Å². The molecule has 0 atom stereocenters. The number of aromatic nitrogens is 2. The first-order valence-electron chi connectivity index (χ1n) is 7.64. The van der Waals surface area contributed by atoms with E-state index in [9.17, 15) is 4.79 Å². The van der Waals surface area contributed by atoms with Crippen molar-refractivity contribution in [2.24, 2.45) is 5.92 Å². The molecule has 0 aliphatic carbocycles. The molecule has 0 saturated carbocycles. The summed E-state index contributed by atoms with van der Waals surface area (Å²) in [6, 6.07) is 1.99. The summed E-state index contributed by atoms with van der Waals surface area (Å²) in [5, 5.41) is 6.75. The summed E-state index contributed by atoms with van der Waals surface area (Å²) in [5.74, 6) is 0.396. The molecule has 1 aliphatic rings. The number of nitrogens with one attached hydrogen (secondary N) is 1. The van der Waals surface area contributed by atoms with E-state index in [-0.39, 0.29) is 0 Å². The van der Waals surface area contributed by atoms with Gasteiger partial charge in [0, 0.05) is 36.6 Å². The normalized spacial score (nSPS) is 15.3. The zero-order valence-electron chi connectivity index (χ0n) is 12.7. The number of alkyl carbamates (subject to hydrolysis) is 1. The highest BCUT2D eigenvalue weighted by atomic mass is 32.1. The minimum absolute atomic E-state index is 0.297. The Morgan fingerprint density at radius 1 is 1.35 bits per heavy atom. The van der Waals surface area contributed by atoms with Crippen LogP contribution >= 0.6 is 11.3 Å². The summed E-state index contributed by atoms with van der Waals surface area (Å²) in [6.45, 7) is 2.23. The van der Waals surface area contributed by atoms with Crippen LogP contribution in [0.15, 0.2) is 29.2 Å². The van der Waals surface area contributed by atoms with Crippen molar-refractivity contribution in [3.8, 4) is 11.3 Å². The van der Waals surface area contributed by atoms with Crippen LogP contribution in [0.5, 0.6) is 0 Å². The number of ether oxygens (including phenoxy) is 2. The van der Waals surface area contributed by atoms with Crippen molar-refractivity contribution in [1.29, 1.82) is 0 Å². The number of nitrogens with zero attached hydrogens (tertiary/aromatic N) is 2. The van der Waals surface area contributed by atoms with Crippen LogP contribution in [-0.4, -0.2) is 35.9 Å². The average Bonchev–Trinajstić information content (AvgIpc) is 3.14. The maximum absolute atomic E-state index is 11.8. The van der Waals surface area contributed by atoms with Crippen molar-refractivity contribution in [2.75, 3.05) is 19.8 Å². The molecular weight excluding hydrogens is 314 g/mol.